The van der Waals surface area contributed by atoms with Crippen LogP contribution >= 0.6 is 11.6 Å². The van der Waals surface area contributed by atoms with Crippen LogP contribution in [0.15, 0.2) is 29.1 Å². The third-order valence-corrected chi connectivity index (χ3v) is 5.31. The molecule has 1 aromatic carbocycles. The molecule has 3 rings (SSSR count). The van der Waals surface area contributed by atoms with Gasteiger partial charge in [-0.1, -0.05) is 17.7 Å². The van der Waals surface area contributed by atoms with Crippen molar-refractivity contribution in [3.63, 3.8) is 0 Å². The average Bonchev–Trinajstić information content (AvgIpc) is 2.89. The molecule has 0 fully saturated rings. The minimum Gasteiger partial charge on any atom is -0.380 e. The van der Waals surface area contributed by atoms with Gasteiger partial charge in [0.2, 0.25) is 0 Å². The number of nitrogens with zero attached hydrogens (tertiary/aromatic N) is 3. The van der Waals surface area contributed by atoms with E-state index in [4.69, 9.17) is 16.3 Å². The second-order valence-electron chi connectivity index (χ2n) is 6.02. The molecule has 1 atom stereocenters. The Morgan fingerprint density at radius 2 is 2.11 bits per heavy atom. The Balaban J connectivity index is 2.14. The molecule has 0 saturated heterocycles. The molecule has 0 amide bonds. The summed E-state index contributed by atoms with van der Waals surface area (Å²) in [5, 5.41) is 6.75. The van der Waals surface area contributed by atoms with E-state index in [-0.39, 0.29) is 10.7 Å². The number of aromatic amines is 1. The fourth-order valence-electron chi connectivity index (χ4n) is 2.77. The van der Waals surface area contributed by atoms with E-state index in [1.807, 2.05) is 18.2 Å². The number of pyridine rings is 1. The molecule has 3 aromatic rings. The van der Waals surface area contributed by atoms with Crippen molar-refractivity contribution in [2.45, 2.75) is 6.61 Å². The molecule has 0 aliphatic heterocycles. The van der Waals surface area contributed by atoms with E-state index >= 15 is 0 Å². The minimum atomic E-state index is -1.23. The molecule has 0 aliphatic carbocycles. The van der Waals surface area contributed by atoms with Crippen LogP contribution < -0.4 is 15.2 Å². The lowest BCUT2D eigenvalue weighted by molar-refractivity contribution is 0.185. The molecular weight excluding hydrogens is 390 g/mol. The summed E-state index contributed by atoms with van der Waals surface area (Å²) in [5.41, 5.74) is 3.01. The van der Waals surface area contributed by atoms with E-state index in [1.165, 1.54) is 4.68 Å². The van der Waals surface area contributed by atoms with Gasteiger partial charge < -0.3 is 10.1 Å². The van der Waals surface area contributed by atoms with Gasteiger partial charge in [0.15, 0.2) is 5.65 Å². The van der Waals surface area contributed by atoms with Crippen molar-refractivity contribution in [3.8, 4) is 0 Å². The van der Waals surface area contributed by atoms with Crippen LogP contribution in [0, 0.1) is 0 Å². The summed E-state index contributed by atoms with van der Waals surface area (Å²) < 4.78 is 20.2. The van der Waals surface area contributed by atoms with Gasteiger partial charge in [-0.25, -0.2) is 9.19 Å². The van der Waals surface area contributed by atoms with Crippen LogP contribution in [0.2, 0.25) is 5.15 Å². The molecule has 1 unspecified atom stereocenters. The van der Waals surface area contributed by atoms with E-state index < -0.39 is 11.0 Å². The van der Waals surface area contributed by atoms with Crippen molar-refractivity contribution in [1.29, 1.82) is 0 Å². The molecule has 0 aliphatic rings. The molecule has 2 aromatic heterocycles. The number of fused-ring (bicyclic) bond motifs is 1. The summed E-state index contributed by atoms with van der Waals surface area (Å²) in [6, 6.07) is 7.23. The highest BCUT2D eigenvalue weighted by Crippen LogP contribution is 2.33. The minimum absolute atomic E-state index is 0.221. The van der Waals surface area contributed by atoms with Crippen LogP contribution in [0.25, 0.3) is 11.0 Å². The van der Waals surface area contributed by atoms with Crippen molar-refractivity contribution in [3.05, 3.63) is 45.3 Å². The molecule has 0 spiro atoms. The summed E-state index contributed by atoms with van der Waals surface area (Å²) in [7, 11) is 3.73. The van der Waals surface area contributed by atoms with Crippen molar-refractivity contribution >= 4 is 50.7 Å². The highest BCUT2D eigenvalue weighted by molar-refractivity contribution is 7.85. The number of rotatable bonds is 6. The van der Waals surface area contributed by atoms with Crippen LogP contribution in [0.4, 0.5) is 17.1 Å². The van der Waals surface area contributed by atoms with Crippen molar-refractivity contribution in [1.82, 2.24) is 14.8 Å². The number of hydrogen-bond acceptors (Lipinski definition) is 5. The molecule has 10 heteroatoms. The molecule has 27 heavy (non-hydrogen) atoms. The van der Waals surface area contributed by atoms with Gasteiger partial charge in [-0.3, -0.25) is 18.9 Å². The molecule has 0 bridgehead atoms. The average molecular weight is 410 g/mol. The lowest BCUT2D eigenvalue weighted by Gasteiger charge is -2.21. The lowest BCUT2D eigenvalue weighted by atomic mass is 10.1. The Hall–Kier alpha value is -2.36. The summed E-state index contributed by atoms with van der Waals surface area (Å²) in [6.07, 6.45) is 1.59. The maximum atomic E-state index is 12.4. The van der Waals surface area contributed by atoms with Crippen LogP contribution in [-0.2, 0) is 29.4 Å². The van der Waals surface area contributed by atoms with E-state index in [9.17, 15) is 9.00 Å². The largest absolute Gasteiger partial charge is 0.380 e. The number of H-pyrrole nitrogens is 1. The predicted octanol–water partition coefficient (Wildman–Crippen LogP) is 2.53. The Kier molecular flexibility index (Phi) is 5.54. The second-order valence-corrected chi connectivity index (χ2v) is 7.81. The Bertz CT molecular complexity index is 1080. The number of aromatic nitrogens is 3. The molecule has 2 N–H and O–H groups in total. The molecule has 8 nitrogen and oxygen atoms in total. The quantitative estimate of drug-likeness (QED) is 0.610. The van der Waals surface area contributed by atoms with E-state index in [0.717, 1.165) is 5.56 Å². The van der Waals surface area contributed by atoms with Gasteiger partial charge in [-0.15, -0.1) is 0 Å². The van der Waals surface area contributed by atoms with Gasteiger partial charge >= 0.3 is 0 Å². The van der Waals surface area contributed by atoms with Gasteiger partial charge in [-0.05, 0) is 23.8 Å². The lowest BCUT2D eigenvalue weighted by Crippen LogP contribution is -2.20. The molecule has 0 radical (unpaired) electrons. The number of halogens is 1. The third-order valence-electron chi connectivity index (χ3n) is 4.15. The molecule has 0 saturated carbocycles. The molecule has 2 heterocycles. The standard InChI is InChI=1S/C17H20ClN5O3S/c1-22-17(24)15-12(8-14(18)20-16(15)21-22)19-11-6-5-10(9-26-3)7-13(11)23(2)27(4)25/h5-8H,9H2,1-4H3,(H2,19,20,21). The number of ether oxygens (including phenoxy) is 1. The maximum Gasteiger partial charge on any atom is 0.277 e. The van der Waals surface area contributed by atoms with E-state index in [1.54, 1.807) is 37.8 Å². The SMILES string of the molecule is COCc1ccc(Nc2cc(Cl)nc3[nH]n(C)c(=O)c23)c(N(C)S(C)=O)c1. The first-order chi connectivity index (χ1) is 12.8. The zero-order valence-electron chi connectivity index (χ0n) is 15.4. The number of aryl methyl sites for hydroxylation is 1. The van der Waals surface area contributed by atoms with Gasteiger partial charge in [0, 0.05) is 27.5 Å². The smallest absolute Gasteiger partial charge is 0.277 e. The van der Waals surface area contributed by atoms with Crippen LogP contribution in [0.3, 0.4) is 0 Å². The fraction of sp³-hybridized carbons (Fsp3) is 0.294. The predicted molar refractivity (Wildman–Crippen MR) is 109 cm³/mol. The van der Waals surface area contributed by atoms with Crippen molar-refractivity contribution in [2.75, 3.05) is 30.0 Å². The first kappa shape index (κ1) is 19.4. The number of benzene rings is 1. The molecule has 144 valence electrons. The van der Waals surface area contributed by atoms with Crippen LogP contribution in [0.1, 0.15) is 5.56 Å². The first-order valence-corrected chi connectivity index (χ1v) is 9.92. The Labute approximate surface area is 163 Å². The Morgan fingerprint density at radius 1 is 1.37 bits per heavy atom. The number of methoxy groups -OCH3 is 1. The second kappa shape index (κ2) is 7.71. The van der Waals surface area contributed by atoms with Crippen molar-refractivity contribution in [2.24, 2.45) is 7.05 Å². The number of nitrogens with one attached hydrogen (secondary N) is 2. The van der Waals surface area contributed by atoms with Crippen LogP contribution in [0.5, 0.6) is 0 Å². The Morgan fingerprint density at radius 3 is 2.78 bits per heavy atom. The maximum absolute atomic E-state index is 12.4. The zero-order valence-corrected chi connectivity index (χ0v) is 16.9. The highest BCUT2D eigenvalue weighted by Gasteiger charge is 2.16. The number of anilines is 3. The van der Waals surface area contributed by atoms with Gasteiger partial charge in [-0.2, -0.15) is 0 Å². The summed E-state index contributed by atoms with van der Waals surface area (Å²) in [6.45, 7) is 0.432. The highest BCUT2D eigenvalue weighted by atomic mass is 35.5. The number of hydrogen-bond donors (Lipinski definition) is 2. The monoisotopic (exact) mass is 409 g/mol. The van der Waals surface area contributed by atoms with Gasteiger partial charge in [0.05, 0.1) is 23.7 Å². The summed E-state index contributed by atoms with van der Waals surface area (Å²) in [5.74, 6) is 0. The van der Waals surface area contributed by atoms with Crippen molar-refractivity contribution < 1.29 is 8.95 Å². The first-order valence-electron chi connectivity index (χ1n) is 8.03. The topological polar surface area (TPSA) is 92.2 Å². The summed E-state index contributed by atoms with van der Waals surface area (Å²) in [4.78, 5) is 16.6. The van der Waals surface area contributed by atoms with Gasteiger partial charge in [0.25, 0.3) is 5.56 Å². The normalized spacial score (nSPS) is 12.3. The van der Waals surface area contributed by atoms with Crippen LogP contribution in [-0.4, -0.2) is 39.4 Å². The van der Waals surface area contributed by atoms with E-state index in [2.05, 4.69) is 15.4 Å². The van der Waals surface area contributed by atoms with E-state index in [0.29, 0.717) is 34.7 Å². The fourth-order valence-corrected chi connectivity index (χ4v) is 3.39. The van der Waals surface area contributed by atoms with Gasteiger partial charge in [0.1, 0.15) is 21.5 Å². The summed E-state index contributed by atoms with van der Waals surface area (Å²) >= 11 is 6.11. The molecular formula is C17H20ClN5O3S. The third kappa shape index (κ3) is 3.85. The zero-order chi connectivity index (χ0) is 19.7.